The number of halogens is 2. The molecule has 0 aromatic heterocycles. The number of methoxy groups -OCH3 is 1. The first-order valence-corrected chi connectivity index (χ1v) is 6.54. The van der Waals surface area contributed by atoms with Gasteiger partial charge in [0.05, 0.1) is 18.1 Å². The monoisotopic (exact) mass is 305 g/mol. The molecule has 0 saturated carbocycles. The highest BCUT2D eigenvalue weighted by Crippen LogP contribution is 2.31. The SMILES string of the molecule is COc1cc(Cl)c(CN(C)CC(C)C(=O)O)cc1Cl. The first-order chi connectivity index (χ1) is 8.85. The summed E-state index contributed by atoms with van der Waals surface area (Å²) in [6.07, 6.45) is 0. The Kier molecular flexibility index (Phi) is 5.91. The topological polar surface area (TPSA) is 49.8 Å². The van der Waals surface area contributed by atoms with Gasteiger partial charge in [0.1, 0.15) is 5.75 Å². The molecule has 1 aromatic carbocycles. The van der Waals surface area contributed by atoms with Crippen LogP contribution in [0.5, 0.6) is 5.75 Å². The van der Waals surface area contributed by atoms with E-state index in [0.717, 1.165) is 5.56 Å². The summed E-state index contributed by atoms with van der Waals surface area (Å²) in [5, 5.41) is 9.91. The van der Waals surface area contributed by atoms with Gasteiger partial charge in [-0.3, -0.25) is 4.79 Å². The van der Waals surface area contributed by atoms with Gasteiger partial charge in [0.25, 0.3) is 0 Å². The fourth-order valence-electron chi connectivity index (χ4n) is 1.75. The number of nitrogens with zero attached hydrogens (tertiary/aromatic N) is 1. The van der Waals surface area contributed by atoms with Gasteiger partial charge in [0.2, 0.25) is 0 Å². The molecule has 1 N–H and O–H groups in total. The van der Waals surface area contributed by atoms with E-state index in [-0.39, 0.29) is 0 Å². The molecule has 6 heteroatoms. The van der Waals surface area contributed by atoms with Gasteiger partial charge in [0.15, 0.2) is 0 Å². The summed E-state index contributed by atoms with van der Waals surface area (Å²) < 4.78 is 5.07. The van der Waals surface area contributed by atoms with Crippen LogP contribution in [0.2, 0.25) is 10.0 Å². The molecule has 1 atom stereocenters. The van der Waals surface area contributed by atoms with Crippen molar-refractivity contribution in [2.24, 2.45) is 5.92 Å². The molecule has 0 spiro atoms. The summed E-state index contributed by atoms with van der Waals surface area (Å²) in [5.41, 5.74) is 0.840. The largest absolute Gasteiger partial charge is 0.495 e. The van der Waals surface area contributed by atoms with Gasteiger partial charge in [-0.2, -0.15) is 0 Å². The Balaban J connectivity index is 2.77. The van der Waals surface area contributed by atoms with Gasteiger partial charge >= 0.3 is 5.97 Å². The number of carboxylic acid groups (broad SMARTS) is 1. The Morgan fingerprint density at radius 3 is 2.58 bits per heavy atom. The molecule has 0 saturated heterocycles. The minimum Gasteiger partial charge on any atom is -0.495 e. The van der Waals surface area contributed by atoms with Crippen LogP contribution in [0.3, 0.4) is 0 Å². The van der Waals surface area contributed by atoms with Crippen LogP contribution in [0.4, 0.5) is 0 Å². The molecular weight excluding hydrogens is 289 g/mol. The van der Waals surface area contributed by atoms with E-state index in [1.165, 1.54) is 7.11 Å². The normalized spacial score (nSPS) is 12.5. The van der Waals surface area contributed by atoms with Crippen LogP contribution in [0.1, 0.15) is 12.5 Å². The molecule has 1 aromatic rings. The molecule has 0 aliphatic rings. The zero-order valence-electron chi connectivity index (χ0n) is 11.1. The highest BCUT2D eigenvalue weighted by Gasteiger charge is 2.15. The Morgan fingerprint density at radius 1 is 1.42 bits per heavy atom. The lowest BCUT2D eigenvalue weighted by Gasteiger charge is -2.20. The number of hydrogen-bond donors (Lipinski definition) is 1. The summed E-state index contributed by atoms with van der Waals surface area (Å²) in [6.45, 7) is 2.64. The smallest absolute Gasteiger partial charge is 0.307 e. The zero-order chi connectivity index (χ0) is 14.6. The van der Waals surface area contributed by atoms with Crippen LogP contribution >= 0.6 is 23.2 Å². The highest BCUT2D eigenvalue weighted by molar-refractivity contribution is 6.34. The predicted molar refractivity (Wildman–Crippen MR) is 76.1 cm³/mol. The summed E-state index contributed by atoms with van der Waals surface area (Å²) >= 11 is 12.2. The molecule has 0 fully saturated rings. The second-order valence-electron chi connectivity index (χ2n) is 4.51. The van der Waals surface area contributed by atoms with E-state index in [4.69, 9.17) is 33.0 Å². The van der Waals surface area contributed by atoms with E-state index >= 15 is 0 Å². The summed E-state index contributed by atoms with van der Waals surface area (Å²) in [4.78, 5) is 12.7. The fourth-order valence-corrected chi connectivity index (χ4v) is 2.23. The molecule has 1 unspecified atom stereocenters. The van der Waals surface area contributed by atoms with Crippen molar-refractivity contribution < 1.29 is 14.6 Å². The van der Waals surface area contributed by atoms with Gasteiger partial charge in [-0.1, -0.05) is 30.1 Å². The molecule has 4 nitrogen and oxygen atoms in total. The lowest BCUT2D eigenvalue weighted by atomic mass is 10.1. The van der Waals surface area contributed by atoms with Crippen LogP contribution in [0, 0.1) is 5.92 Å². The van der Waals surface area contributed by atoms with Gasteiger partial charge in [0, 0.05) is 24.2 Å². The molecule has 19 heavy (non-hydrogen) atoms. The summed E-state index contributed by atoms with van der Waals surface area (Å²) in [5.74, 6) is -0.722. The van der Waals surface area contributed by atoms with Crippen LogP contribution < -0.4 is 4.74 Å². The van der Waals surface area contributed by atoms with E-state index in [0.29, 0.717) is 28.9 Å². The van der Waals surface area contributed by atoms with Crippen molar-refractivity contribution in [3.05, 3.63) is 27.7 Å². The van der Waals surface area contributed by atoms with Crippen molar-refractivity contribution >= 4 is 29.2 Å². The number of ether oxygens (including phenoxy) is 1. The lowest BCUT2D eigenvalue weighted by molar-refractivity contribution is -0.141. The summed E-state index contributed by atoms with van der Waals surface area (Å²) in [7, 11) is 3.37. The minimum atomic E-state index is -0.814. The number of benzene rings is 1. The zero-order valence-corrected chi connectivity index (χ0v) is 12.6. The third kappa shape index (κ3) is 4.56. The maximum absolute atomic E-state index is 10.8. The van der Waals surface area contributed by atoms with Crippen LogP contribution in [0.25, 0.3) is 0 Å². The maximum Gasteiger partial charge on any atom is 0.307 e. The van der Waals surface area contributed by atoms with Crippen LogP contribution in [-0.4, -0.2) is 36.7 Å². The number of carbonyl (C=O) groups is 1. The molecule has 0 bridgehead atoms. The molecule has 106 valence electrons. The number of carboxylic acids is 1. The molecule has 0 aliphatic heterocycles. The number of hydrogen-bond acceptors (Lipinski definition) is 3. The van der Waals surface area contributed by atoms with Crippen molar-refractivity contribution in [3.63, 3.8) is 0 Å². The molecule has 0 aliphatic carbocycles. The Hall–Kier alpha value is -0.970. The van der Waals surface area contributed by atoms with Gasteiger partial charge in [-0.25, -0.2) is 0 Å². The first-order valence-electron chi connectivity index (χ1n) is 5.78. The molecular formula is C13H17Cl2NO3. The van der Waals surface area contributed by atoms with Crippen LogP contribution in [-0.2, 0) is 11.3 Å². The third-order valence-corrected chi connectivity index (χ3v) is 3.42. The van der Waals surface area contributed by atoms with Crippen molar-refractivity contribution in [2.45, 2.75) is 13.5 Å². The maximum atomic E-state index is 10.8. The molecule has 0 amide bonds. The average molecular weight is 306 g/mol. The van der Waals surface area contributed by atoms with E-state index in [2.05, 4.69) is 0 Å². The highest BCUT2D eigenvalue weighted by atomic mass is 35.5. The molecule has 0 heterocycles. The molecule has 1 rings (SSSR count). The van der Waals surface area contributed by atoms with E-state index in [9.17, 15) is 4.79 Å². The Bertz CT molecular complexity index is 465. The second kappa shape index (κ2) is 6.98. The van der Waals surface area contributed by atoms with Crippen LogP contribution in [0.15, 0.2) is 12.1 Å². The van der Waals surface area contributed by atoms with Gasteiger partial charge in [-0.15, -0.1) is 0 Å². The van der Waals surface area contributed by atoms with E-state index < -0.39 is 11.9 Å². The Morgan fingerprint density at radius 2 is 2.05 bits per heavy atom. The quantitative estimate of drug-likeness (QED) is 0.877. The van der Waals surface area contributed by atoms with Gasteiger partial charge in [-0.05, 0) is 18.7 Å². The van der Waals surface area contributed by atoms with E-state index in [1.807, 2.05) is 11.9 Å². The lowest BCUT2D eigenvalue weighted by Crippen LogP contribution is -2.28. The van der Waals surface area contributed by atoms with Crippen molar-refractivity contribution in [2.75, 3.05) is 20.7 Å². The second-order valence-corrected chi connectivity index (χ2v) is 5.33. The fraction of sp³-hybridized carbons (Fsp3) is 0.462. The number of rotatable bonds is 6. The first kappa shape index (κ1) is 16.1. The van der Waals surface area contributed by atoms with Crippen molar-refractivity contribution in [1.82, 2.24) is 4.90 Å². The van der Waals surface area contributed by atoms with Crippen molar-refractivity contribution in [1.29, 1.82) is 0 Å². The Labute approximate surface area is 122 Å². The third-order valence-electron chi connectivity index (χ3n) is 2.77. The van der Waals surface area contributed by atoms with Crippen molar-refractivity contribution in [3.8, 4) is 5.75 Å². The van der Waals surface area contributed by atoms with E-state index in [1.54, 1.807) is 19.1 Å². The minimum absolute atomic E-state index is 0.433. The standard InChI is InChI=1S/C13H17Cl2NO3/c1-8(13(17)18)6-16(2)7-9-4-11(15)12(19-3)5-10(9)14/h4-5,8H,6-7H2,1-3H3,(H,17,18). The van der Waals surface area contributed by atoms with Gasteiger partial charge < -0.3 is 14.7 Å². The number of aliphatic carboxylic acids is 1. The average Bonchev–Trinajstić information content (AvgIpc) is 2.33. The molecule has 0 radical (unpaired) electrons. The summed E-state index contributed by atoms with van der Waals surface area (Å²) in [6, 6.07) is 3.40. The predicted octanol–water partition coefficient (Wildman–Crippen LogP) is 3.15.